The second-order valence-electron chi connectivity index (χ2n) is 8.26. The van der Waals surface area contributed by atoms with Gasteiger partial charge >= 0.3 is 0 Å². The number of aromatic nitrogens is 5. The average molecular weight is 410 g/mol. The largest absolute Gasteiger partial charge is 0.396 e. The van der Waals surface area contributed by atoms with Crippen LogP contribution in [-0.4, -0.2) is 48.9 Å². The molecule has 30 heavy (non-hydrogen) atoms. The van der Waals surface area contributed by atoms with Crippen molar-refractivity contribution in [2.75, 3.05) is 13.2 Å². The van der Waals surface area contributed by atoms with E-state index in [-0.39, 0.29) is 12.0 Å². The predicted molar refractivity (Wildman–Crippen MR) is 119 cm³/mol. The lowest BCUT2D eigenvalue weighted by Gasteiger charge is -2.21. The first-order valence-electron chi connectivity index (χ1n) is 10.4. The summed E-state index contributed by atoms with van der Waals surface area (Å²) in [5.41, 5.74) is 3.62. The van der Waals surface area contributed by atoms with Crippen LogP contribution in [0.15, 0.2) is 37.1 Å². The van der Waals surface area contributed by atoms with E-state index >= 15 is 0 Å². The lowest BCUT2D eigenvalue weighted by Crippen LogP contribution is -2.29. The van der Waals surface area contributed by atoms with Crippen LogP contribution in [0.2, 0.25) is 0 Å². The molecule has 3 aromatic heterocycles. The predicted octanol–water partition coefficient (Wildman–Crippen LogP) is 3.55. The Morgan fingerprint density at radius 2 is 2.03 bits per heavy atom. The van der Waals surface area contributed by atoms with Crippen molar-refractivity contribution in [3.63, 3.8) is 0 Å². The van der Waals surface area contributed by atoms with E-state index in [1.54, 1.807) is 16.9 Å². The standard InChI is InChI=1S/C22H31N7O/c1-5-18(6-2)28-12-17(11-26-28)21-20-7-8-25-29(20)13-19(27-21)16(9-23)10-24-14-22(3,4)15-30/h7-13,18,23-24,30H,5-6,14-15H2,1-4H3/b16-10+,23-9?. The minimum atomic E-state index is -0.252. The zero-order valence-corrected chi connectivity index (χ0v) is 18.1. The lowest BCUT2D eigenvalue weighted by molar-refractivity contribution is 0.161. The fourth-order valence-electron chi connectivity index (χ4n) is 3.28. The van der Waals surface area contributed by atoms with Gasteiger partial charge in [-0.05, 0) is 18.9 Å². The number of nitrogens with zero attached hydrogens (tertiary/aromatic N) is 5. The number of rotatable bonds is 10. The Bertz CT molecular complexity index is 1030. The van der Waals surface area contributed by atoms with E-state index in [1.165, 1.54) is 6.21 Å². The summed E-state index contributed by atoms with van der Waals surface area (Å²) >= 11 is 0. The molecule has 8 heteroatoms. The molecule has 3 rings (SSSR count). The molecule has 0 spiro atoms. The normalized spacial score (nSPS) is 12.7. The second-order valence-corrected chi connectivity index (χ2v) is 8.26. The Morgan fingerprint density at radius 1 is 1.27 bits per heavy atom. The molecule has 0 aromatic carbocycles. The summed E-state index contributed by atoms with van der Waals surface area (Å²) in [6.45, 7) is 8.94. The van der Waals surface area contributed by atoms with Crippen molar-refractivity contribution in [1.29, 1.82) is 5.41 Å². The van der Waals surface area contributed by atoms with Gasteiger partial charge < -0.3 is 15.8 Å². The number of aliphatic hydroxyl groups excluding tert-OH is 1. The molecule has 3 aromatic rings. The van der Waals surface area contributed by atoms with Crippen LogP contribution in [0.4, 0.5) is 0 Å². The van der Waals surface area contributed by atoms with Crippen LogP contribution >= 0.6 is 0 Å². The Hall–Kier alpha value is -3.00. The van der Waals surface area contributed by atoms with Gasteiger partial charge in [0.15, 0.2) is 0 Å². The Balaban J connectivity index is 1.99. The molecule has 0 radical (unpaired) electrons. The first-order valence-corrected chi connectivity index (χ1v) is 10.4. The van der Waals surface area contributed by atoms with Crippen LogP contribution in [0.25, 0.3) is 22.3 Å². The van der Waals surface area contributed by atoms with Gasteiger partial charge in [0.2, 0.25) is 0 Å². The first kappa shape index (κ1) is 21.7. The second kappa shape index (κ2) is 9.21. The van der Waals surface area contributed by atoms with Gasteiger partial charge in [0.25, 0.3) is 0 Å². The van der Waals surface area contributed by atoms with Crippen molar-refractivity contribution in [2.45, 2.75) is 46.6 Å². The number of aliphatic hydroxyl groups is 1. The third-order valence-electron chi connectivity index (χ3n) is 5.30. The highest BCUT2D eigenvalue weighted by Gasteiger charge is 2.17. The average Bonchev–Trinajstić information content (AvgIpc) is 3.41. The topological polar surface area (TPSA) is 104 Å². The molecule has 160 valence electrons. The van der Waals surface area contributed by atoms with E-state index in [0.29, 0.717) is 23.9 Å². The summed E-state index contributed by atoms with van der Waals surface area (Å²) < 4.78 is 3.78. The summed E-state index contributed by atoms with van der Waals surface area (Å²) in [6, 6.07) is 2.29. The smallest absolute Gasteiger partial charge is 0.0999 e. The lowest BCUT2D eigenvalue weighted by atomic mass is 9.95. The maximum atomic E-state index is 9.43. The Morgan fingerprint density at radius 3 is 2.70 bits per heavy atom. The van der Waals surface area contributed by atoms with Crippen molar-refractivity contribution < 1.29 is 5.11 Å². The number of hydrogen-bond acceptors (Lipinski definition) is 6. The molecule has 0 fully saturated rings. The van der Waals surface area contributed by atoms with E-state index in [0.717, 1.165) is 29.6 Å². The van der Waals surface area contributed by atoms with Gasteiger partial charge in [0.05, 0.1) is 41.5 Å². The van der Waals surface area contributed by atoms with Crippen LogP contribution in [0, 0.1) is 10.8 Å². The molecule has 0 unspecified atom stereocenters. The van der Waals surface area contributed by atoms with Gasteiger partial charge in [0, 0.05) is 48.3 Å². The van der Waals surface area contributed by atoms with Crippen molar-refractivity contribution in [1.82, 2.24) is 29.7 Å². The summed E-state index contributed by atoms with van der Waals surface area (Å²) in [5, 5.41) is 29.4. The van der Waals surface area contributed by atoms with Crippen LogP contribution in [0.1, 0.15) is 52.3 Å². The highest BCUT2D eigenvalue weighted by Crippen LogP contribution is 2.26. The molecule has 8 nitrogen and oxygen atoms in total. The summed E-state index contributed by atoms with van der Waals surface area (Å²) in [4.78, 5) is 4.85. The SMILES string of the molecule is CCC(CC)n1cc(-c2nc(/C(C=N)=C/NCC(C)(C)CO)cn3nccc23)cn1. The van der Waals surface area contributed by atoms with E-state index < -0.39 is 0 Å². The Kier molecular flexibility index (Phi) is 6.66. The highest BCUT2D eigenvalue weighted by atomic mass is 16.3. The third kappa shape index (κ3) is 4.59. The number of hydrogen-bond donors (Lipinski definition) is 3. The zero-order valence-electron chi connectivity index (χ0n) is 18.1. The van der Waals surface area contributed by atoms with E-state index in [2.05, 4.69) is 29.4 Å². The fraction of sp³-hybridized carbons (Fsp3) is 0.455. The van der Waals surface area contributed by atoms with Gasteiger partial charge in [-0.1, -0.05) is 27.7 Å². The molecule has 0 aliphatic rings. The van der Waals surface area contributed by atoms with E-state index in [1.807, 2.05) is 43.2 Å². The molecule has 0 saturated heterocycles. The van der Waals surface area contributed by atoms with Crippen LogP contribution in [0.5, 0.6) is 0 Å². The third-order valence-corrected chi connectivity index (χ3v) is 5.30. The van der Waals surface area contributed by atoms with Crippen molar-refractivity contribution in [2.24, 2.45) is 5.41 Å². The fourth-order valence-corrected chi connectivity index (χ4v) is 3.28. The summed E-state index contributed by atoms with van der Waals surface area (Å²) in [7, 11) is 0. The van der Waals surface area contributed by atoms with Crippen LogP contribution in [0.3, 0.4) is 0 Å². The van der Waals surface area contributed by atoms with Gasteiger partial charge in [-0.3, -0.25) is 4.68 Å². The summed E-state index contributed by atoms with van der Waals surface area (Å²) in [5.74, 6) is 0. The van der Waals surface area contributed by atoms with Gasteiger partial charge in [-0.25, -0.2) is 9.50 Å². The number of nitrogens with one attached hydrogen (secondary N) is 2. The number of fused-ring (bicyclic) bond motifs is 1. The monoisotopic (exact) mass is 409 g/mol. The summed E-state index contributed by atoms with van der Waals surface area (Å²) in [6.07, 6.45) is 12.5. The minimum absolute atomic E-state index is 0.0793. The molecular formula is C22H31N7O. The van der Waals surface area contributed by atoms with Gasteiger partial charge in [-0.2, -0.15) is 10.2 Å². The molecule has 0 bridgehead atoms. The molecule has 0 aliphatic heterocycles. The molecule has 3 heterocycles. The quantitative estimate of drug-likeness (QED) is 0.444. The first-order chi connectivity index (χ1) is 14.4. The maximum absolute atomic E-state index is 9.43. The molecular weight excluding hydrogens is 378 g/mol. The molecule has 0 aliphatic carbocycles. The van der Waals surface area contributed by atoms with Crippen molar-refractivity contribution in [3.05, 3.63) is 42.7 Å². The van der Waals surface area contributed by atoms with Crippen LogP contribution < -0.4 is 5.32 Å². The van der Waals surface area contributed by atoms with Gasteiger partial charge in [0.1, 0.15) is 0 Å². The molecule has 0 amide bonds. The minimum Gasteiger partial charge on any atom is -0.396 e. The maximum Gasteiger partial charge on any atom is 0.0999 e. The highest BCUT2D eigenvalue weighted by molar-refractivity contribution is 6.07. The molecule has 3 N–H and O–H groups in total. The zero-order chi connectivity index (χ0) is 21.7. The van der Waals surface area contributed by atoms with Crippen LogP contribution in [-0.2, 0) is 0 Å². The molecule has 0 atom stereocenters. The number of allylic oxidation sites excluding steroid dienone is 1. The molecule has 0 saturated carbocycles. The van der Waals surface area contributed by atoms with E-state index in [9.17, 15) is 5.11 Å². The van der Waals surface area contributed by atoms with E-state index in [4.69, 9.17) is 10.4 Å². The van der Waals surface area contributed by atoms with Crippen molar-refractivity contribution >= 4 is 17.3 Å². The Labute approximate surface area is 177 Å². The van der Waals surface area contributed by atoms with Crippen molar-refractivity contribution in [3.8, 4) is 11.3 Å². The van der Waals surface area contributed by atoms with Gasteiger partial charge in [-0.15, -0.1) is 0 Å².